The van der Waals surface area contributed by atoms with Crippen LogP contribution in [-0.4, -0.2) is 37.9 Å². The van der Waals surface area contributed by atoms with Gasteiger partial charge in [-0.2, -0.15) is 0 Å². The van der Waals surface area contributed by atoms with Crippen molar-refractivity contribution in [3.63, 3.8) is 0 Å². The first-order chi connectivity index (χ1) is 9.83. The van der Waals surface area contributed by atoms with Crippen LogP contribution in [0.5, 0.6) is 0 Å². The van der Waals surface area contributed by atoms with Crippen molar-refractivity contribution in [2.75, 3.05) is 20.3 Å². The van der Waals surface area contributed by atoms with Crippen LogP contribution in [0.4, 0.5) is 0 Å². The lowest BCUT2D eigenvalue weighted by atomic mass is 9.76. The SMILES string of the molecule is CCCNC(C)(CCOC1CCC(C)(C)CC1)C(=O)OC. The zero-order valence-electron chi connectivity index (χ0n) is 14.5. The number of carbonyl (C=O) groups excluding carboxylic acids is 1. The van der Waals surface area contributed by atoms with Gasteiger partial charge in [-0.05, 0) is 57.4 Å². The Morgan fingerprint density at radius 2 is 1.95 bits per heavy atom. The molecule has 1 aliphatic rings. The first-order valence-electron chi connectivity index (χ1n) is 8.28. The van der Waals surface area contributed by atoms with Gasteiger partial charge in [0.15, 0.2) is 0 Å². The lowest BCUT2D eigenvalue weighted by Gasteiger charge is -2.35. The van der Waals surface area contributed by atoms with Crippen LogP contribution in [-0.2, 0) is 14.3 Å². The van der Waals surface area contributed by atoms with E-state index in [1.807, 2.05) is 6.92 Å². The average Bonchev–Trinajstić information content (AvgIpc) is 2.46. The summed E-state index contributed by atoms with van der Waals surface area (Å²) < 4.78 is 10.9. The predicted molar refractivity (Wildman–Crippen MR) is 85.3 cm³/mol. The third-order valence-electron chi connectivity index (χ3n) is 4.64. The average molecular weight is 299 g/mol. The lowest BCUT2D eigenvalue weighted by molar-refractivity contribution is -0.149. The number of hydrogen-bond acceptors (Lipinski definition) is 4. The van der Waals surface area contributed by atoms with Crippen LogP contribution in [0.1, 0.15) is 66.2 Å². The molecule has 4 heteroatoms. The predicted octanol–water partition coefficient (Wildman–Crippen LogP) is 3.29. The van der Waals surface area contributed by atoms with Crippen LogP contribution in [0, 0.1) is 5.41 Å². The summed E-state index contributed by atoms with van der Waals surface area (Å²) in [7, 11) is 1.44. The molecule has 1 N–H and O–H groups in total. The van der Waals surface area contributed by atoms with Gasteiger partial charge >= 0.3 is 5.97 Å². The number of methoxy groups -OCH3 is 1. The molecule has 4 nitrogen and oxygen atoms in total. The quantitative estimate of drug-likeness (QED) is 0.699. The highest BCUT2D eigenvalue weighted by atomic mass is 16.5. The molecule has 1 atom stereocenters. The van der Waals surface area contributed by atoms with Crippen molar-refractivity contribution in [3.8, 4) is 0 Å². The minimum atomic E-state index is -0.640. The van der Waals surface area contributed by atoms with Gasteiger partial charge in [0.25, 0.3) is 0 Å². The molecule has 0 radical (unpaired) electrons. The standard InChI is InChI=1S/C17H33NO3/c1-6-12-18-17(4,15(19)20-5)11-13-21-14-7-9-16(2,3)10-8-14/h14,18H,6-13H2,1-5H3. The summed E-state index contributed by atoms with van der Waals surface area (Å²) in [6.45, 7) is 10.1. The van der Waals surface area contributed by atoms with Gasteiger partial charge in [-0.3, -0.25) is 4.79 Å². The van der Waals surface area contributed by atoms with Crippen molar-refractivity contribution in [2.45, 2.75) is 77.9 Å². The summed E-state index contributed by atoms with van der Waals surface area (Å²) in [4.78, 5) is 12.0. The van der Waals surface area contributed by atoms with E-state index in [1.54, 1.807) is 0 Å². The van der Waals surface area contributed by atoms with Gasteiger partial charge in [0.2, 0.25) is 0 Å². The second-order valence-corrected chi connectivity index (χ2v) is 7.23. The molecular formula is C17H33NO3. The second kappa shape index (κ2) is 8.14. The largest absolute Gasteiger partial charge is 0.468 e. The molecule has 0 bridgehead atoms. The highest BCUT2D eigenvalue weighted by Gasteiger charge is 2.34. The number of rotatable bonds is 8. The van der Waals surface area contributed by atoms with Crippen LogP contribution in [0.2, 0.25) is 0 Å². The fourth-order valence-corrected chi connectivity index (χ4v) is 2.86. The van der Waals surface area contributed by atoms with E-state index in [1.165, 1.54) is 20.0 Å². The van der Waals surface area contributed by atoms with Crippen LogP contribution in [0.3, 0.4) is 0 Å². The van der Waals surface area contributed by atoms with E-state index in [-0.39, 0.29) is 5.97 Å². The van der Waals surface area contributed by atoms with Gasteiger partial charge in [0, 0.05) is 6.61 Å². The van der Waals surface area contributed by atoms with Crippen LogP contribution in [0.15, 0.2) is 0 Å². The molecule has 1 rings (SSSR count). The van der Waals surface area contributed by atoms with E-state index >= 15 is 0 Å². The Hall–Kier alpha value is -0.610. The first kappa shape index (κ1) is 18.4. The summed E-state index contributed by atoms with van der Waals surface area (Å²) in [6.07, 6.45) is 6.70. The maximum Gasteiger partial charge on any atom is 0.325 e. The third kappa shape index (κ3) is 5.95. The van der Waals surface area contributed by atoms with E-state index in [4.69, 9.17) is 9.47 Å². The van der Waals surface area contributed by atoms with E-state index in [9.17, 15) is 4.79 Å². The van der Waals surface area contributed by atoms with Gasteiger partial charge in [-0.25, -0.2) is 0 Å². The molecule has 1 saturated carbocycles. The maximum atomic E-state index is 12.0. The molecule has 0 aliphatic heterocycles. The molecule has 0 heterocycles. The maximum absolute atomic E-state index is 12.0. The van der Waals surface area contributed by atoms with Gasteiger partial charge in [-0.1, -0.05) is 20.8 Å². The topological polar surface area (TPSA) is 47.6 Å². The van der Waals surface area contributed by atoms with Crippen molar-refractivity contribution in [2.24, 2.45) is 5.41 Å². The minimum Gasteiger partial charge on any atom is -0.468 e. The molecule has 1 aliphatic carbocycles. The normalized spacial score (nSPS) is 21.8. The molecular weight excluding hydrogens is 266 g/mol. The van der Waals surface area contributed by atoms with E-state index in [0.717, 1.165) is 25.8 Å². The molecule has 0 aromatic carbocycles. The van der Waals surface area contributed by atoms with Crippen molar-refractivity contribution in [3.05, 3.63) is 0 Å². The number of esters is 1. The van der Waals surface area contributed by atoms with Crippen molar-refractivity contribution < 1.29 is 14.3 Å². The summed E-state index contributed by atoms with van der Waals surface area (Å²) in [5.41, 5.74) is -0.179. The molecule has 1 fully saturated rings. The first-order valence-corrected chi connectivity index (χ1v) is 8.28. The minimum absolute atomic E-state index is 0.204. The van der Waals surface area contributed by atoms with Gasteiger partial charge in [-0.15, -0.1) is 0 Å². The zero-order valence-corrected chi connectivity index (χ0v) is 14.5. The van der Waals surface area contributed by atoms with Crippen LogP contribution in [0.25, 0.3) is 0 Å². The van der Waals surface area contributed by atoms with Crippen molar-refractivity contribution in [1.82, 2.24) is 5.32 Å². The Morgan fingerprint density at radius 3 is 2.48 bits per heavy atom. The summed E-state index contributed by atoms with van der Waals surface area (Å²) in [5.74, 6) is -0.204. The Kier molecular flexibility index (Phi) is 7.14. The van der Waals surface area contributed by atoms with E-state index in [0.29, 0.717) is 24.5 Å². The lowest BCUT2D eigenvalue weighted by Crippen LogP contribution is -2.51. The highest BCUT2D eigenvalue weighted by Crippen LogP contribution is 2.36. The van der Waals surface area contributed by atoms with E-state index in [2.05, 4.69) is 26.1 Å². The van der Waals surface area contributed by atoms with E-state index < -0.39 is 5.54 Å². The van der Waals surface area contributed by atoms with Gasteiger partial charge in [0.1, 0.15) is 5.54 Å². The fourth-order valence-electron chi connectivity index (χ4n) is 2.86. The fraction of sp³-hybridized carbons (Fsp3) is 0.941. The monoisotopic (exact) mass is 299 g/mol. The Morgan fingerprint density at radius 1 is 1.33 bits per heavy atom. The summed E-state index contributed by atoms with van der Waals surface area (Å²) in [5, 5.41) is 3.29. The molecule has 124 valence electrons. The number of ether oxygens (including phenoxy) is 2. The van der Waals surface area contributed by atoms with Crippen LogP contribution >= 0.6 is 0 Å². The second-order valence-electron chi connectivity index (χ2n) is 7.23. The number of hydrogen-bond donors (Lipinski definition) is 1. The van der Waals surface area contributed by atoms with Crippen molar-refractivity contribution >= 4 is 5.97 Å². The summed E-state index contributed by atoms with van der Waals surface area (Å²) >= 11 is 0. The molecule has 0 spiro atoms. The molecule has 21 heavy (non-hydrogen) atoms. The Balaban J connectivity index is 2.38. The van der Waals surface area contributed by atoms with Gasteiger partial charge in [0.05, 0.1) is 13.2 Å². The molecule has 0 aromatic heterocycles. The molecule has 1 unspecified atom stereocenters. The van der Waals surface area contributed by atoms with Crippen molar-refractivity contribution in [1.29, 1.82) is 0 Å². The summed E-state index contributed by atoms with van der Waals surface area (Å²) in [6, 6.07) is 0. The Bertz CT molecular complexity index is 320. The number of nitrogens with one attached hydrogen (secondary N) is 1. The van der Waals surface area contributed by atoms with Gasteiger partial charge < -0.3 is 14.8 Å². The Labute approximate surface area is 130 Å². The van der Waals surface area contributed by atoms with Crippen LogP contribution < -0.4 is 5.32 Å². The smallest absolute Gasteiger partial charge is 0.325 e. The molecule has 0 aromatic rings. The molecule has 0 saturated heterocycles. The highest BCUT2D eigenvalue weighted by molar-refractivity contribution is 5.80. The number of carbonyl (C=O) groups is 1. The third-order valence-corrected chi connectivity index (χ3v) is 4.64. The molecule has 0 amide bonds. The zero-order chi connectivity index (χ0) is 15.9.